The molecule has 0 aliphatic carbocycles. The van der Waals surface area contributed by atoms with E-state index in [4.69, 9.17) is 21.1 Å². The van der Waals surface area contributed by atoms with Crippen molar-refractivity contribution in [2.75, 3.05) is 25.0 Å². The third-order valence-electron chi connectivity index (χ3n) is 5.21. The number of pyridine rings is 2. The molecule has 0 radical (unpaired) electrons. The van der Waals surface area contributed by atoms with Crippen LogP contribution in [0.1, 0.15) is 6.92 Å². The largest absolute Gasteiger partial charge is 0.485 e. The van der Waals surface area contributed by atoms with E-state index in [0.717, 1.165) is 18.2 Å². The minimum atomic E-state index is -4.23. The van der Waals surface area contributed by atoms with Crippen molar-refractivity contribution in [3.8, 4) is 22.8 Å². The van der Waals surface area contributed by atoms with E-state index < -0.39 is 21.4 Å². The first-order valence-corrected chi connectivity index (χ1v) is 12.9. The first-order valence-electron chi connectivity index (χ1n) is 11.0. The molecule has 198 valence electrons. The van der Waals surface area contributed by atoms with E-state index in [-0.39, 0.29) is 46.3 Å². The number of ether oxygens (including phenoxy) is 2. The van der Waals surface area contributed by atoms with Crippen LogP contribution in [0, 0.1) is 5.82 Å². The third-order valence-corrected chi connectivity index (χ3v) is 7.06. The number of rotatable bonds is 9. The molecule has 1 amide bonds. The van der Waals surface area contributed by atoms with Crippen LogP contribution in [0.25, 0.3) is 16.8 Å². The van der Waals surface area contributed by atoms with Gasteiger partial charge in [-0.15, -0.1) is 0 Å². The fourth-order valence-corrected chi connectivity index (χ4v) is 5.04. The van der Waals surface area contributed by atoms with E-state index >= 15 is 0 Å². The van der Waals surface area contributed by atoms with Crippen LogP contribution in [0.4, 0.5) is 10.1 Å². The third kappa shape index (κ3) is 5.84. The number of carbonyl (C=O) groups excluding carboxylic acids is 1. The number of carbonyl (C=O) groups is 1. The van der Waals surface area contributed by atoms with Crippen LogP contribution in [0.3, 0.4) is 0 Å². The Bertz CT molecular complexity index is 1700. The molecule has 38 heavy (non-hydrogen) atoms. The van der Waals surface area contributed by atoms with Crippen molar-refractivity contribution < 1.29 is 27.1 Å². The average Bonchev–Trinajstić information content (AvgIpc) is 2.87. The van der Waals surface area contributed by atoms with Gasteiger partial charge in [0.05, 0.1) is 24.9 Å². The van der Waals surface area contributed by atoms with Crippen LogP contribution in [-0.4, -0.2) is 49.0 Å². The highest BCUT2D eigenvalue weighted by molar-refractivity contribution is 7.92. The van der Waals surface area contributed by atoms with Crippen molar-refractivity contribution in [1.82, 2.24) is 19.7 Å². The van der Waals surface area contributed by atoms with Gasteiger partial charge in [-0.1, -0.05) is 11.6 Å². The average molecular weight is 562 g/mol. The number of fused-ring (bicyclic) bond motifs is 1. The number of methoxy groups -OCH3 is 1. The predicted octanol–water partition coefficient (Wildman–Crippen LogP) is 2.87. The van der Waals surface area contributed by atoms with Gasteiger partial charge in [0.25, 0.3) is 15.6 Å². The molecule has 0 fully saturated rings. The molecule has 4 aromatic rings. The summed E-state index contributed by atoms with van der Waals surface area (Å²) in [6.07, 6.45) is 4.24. The standard InChI is InChI=1S/C24H21ClFN5O6S/c1-14(32)27-7-8-37-20-12-28-22-6-3-15(13-31(22)24(20)33)16-9-19(23(36-2)29-11-16)30-38(34,35)21-5-4-17(26)10-18(21)25/h3-6,9-13,30H,7-8H2,1-2H3,(H,27,32). The van der Waals surface area contributed by atoms with Crippen molar-refractivity contribution in [3.05, 3.63) is 76.2 Å². The summed E-state index contributed by atoms with van der Waals surface area (Å²) < 4.78 is 53.6. The molecule has 0 aliphatic heterocycles. The Morgan fingerprint density at radius 1 is 1.13 bits per heavy atom. The smallest absolute Gasteiger partial charge is 0.300 e. The van der Waals surface area contributed by atoms with E-state index in [1.165, 1.54) is 43.1 Å². The maximum Gasteiger partial charge on any atom is 0.300 e. The van der Waals surface area contributed by atoms with E-state index in [1.807, 2.05) is 0 Å². The number of aromatic nitrogens is 3. The van der Waals surface area contributed by atoms with Gasteiger partial charge in [-0.3, -0.25) is 18.7 Å². The van der Waals surface area contributed by atoms with Crippen molar-refractivity contribution in [2.24, 2.45) is 0 Å². The first kappa shape index (κ1) is 26.8. The topological polar surface area (TPSA) is 141 Å². The second-order valence-corrected chi connectivity index (χ2v) is 9.92. The maximum absolute atomic E-state index is 13.4. The molecular weight excluding hydrogens is 541 g/mol. The fourth-order valence-electron chi connectivity index (χ4n) is 3.46. The van der Waals surface area contributed by atoms with Crippen LogP contribution in [-0.2, 0) is 14.8 Å². The van der Waals surface area contributed by atoms with Crippen LogP contribution >= 0.6 is 11.6 Å². The maximum atomic E-state index is 13.4. The molecular formula is C24H21ClFN5O6S. The SMILES string of the molecule is COc1ncc(-c2ccc3ncc(OCCNC(C)=O)c(=O)n3c2)cc1NS(=O)(=O)c1ccc(F)cc1Cl. The van der Waals surface area contributed by atoms with Crippen LogP contribution in [0.2, 0.25) is 5.02 Å². The summed E-state index contributed by atoms with van der Waals surface area (Å²) in [7, 11) is -2.91. The molecule has 3 aromatic heterocycles. The van der Waals surface area contributed by atoms with Crippen molar-refractivity contribution in [2.45, 2.75) is 11.8 Å². The Morgan fingerprint density at radius 3 is 2.63 bits per heavy atom. The van der Waals surface area contributed by atoms with Crippen LogP contribution < -0.4 is 25.1 Å². The second kappa shape index (κ2) is 11.0. The normalized spacial score (nSPS) is 11.3. The summed E-state index contributed by atoms with van der Waals surface area (Å²) in [5.74, 6) is -0.938. The Kier molecular flexibility index (Phi) is 7.78. The molecule has 3 heterocycles. The highest BCUT2D eigenvalue weighted by Gasteiger charge is 2.21. The molecule has 0 atom stereocenters. The first-order chi connectivity index (χ1) is 18.1. The number of hydrogen-bond acceptors (Lipinski definition) is 8. The highest BCUT2D eigenvalue weighted by Crippen LogP contribution is 2.31. The van der Waals surface area contributed by atoms with Crippen LogP contribution in [0.15, 0.2) is 64.7 Å². The van der Waals surface area contributed by atoms with E-state index in [2.05, 4.69) is 20.0 Å². The Hall–Kier alpha value is -4.23. The molecule has 2 N–H and O–H groups in total. The number of amides is 1. The monoisotopic (exact) mass is 561 g/mol. The summed E-state index contributed by atoms with van der Waals surface area (Å²) in [6, 6.07) is 7.66. The fraction of sp³-hybridized carbons (Fsp3) is 0.167. The molecule has 0 unspecified atom stereocenters. The Balaban J connectivity index is 1.68. The number of nitrogens with one attached hydrogen (secondary N) is 2. The van der Waals surface area contributed by atoms with Gasteiger partial charge in [-0.2, -0.15) is 0 Å². The van der Waals surface area contributed by atoms with Gasteiger partial charge < -0.3 is 14.8 Å². The summed E-state index contributed by atoms with van der Waals surface area (Å²) in [5.41, 5.74) is 0.812. The minimum absolute atomic E-state index is 0.00832. The lowest BCUT2D eigenvalue weighted by Gasteiger charge is -2.14. The van der Waals surface area contributed by atoms with Gasteiger partial charge in [0.15, 0.2) is 0 Å². The minimum Gasteiger partial charge on any atom is -0.485 e. The van der Waals surface area contributed by atoms with Gasteiger partial charge in [0, 0.05) is 30.4 Å². The van der Waals surface area contributed by atoms with Gasteiger partial charge in [0.1, 0.15) is 28.7 Å². The molecule has 0 saturated carbocycles. The lowest BCUT2D eigenvalue weighted by molar-refractivity contribution is -0.119. The van der Waals surface area contributed by atoms with Gasteiger partial charge in [0.2, 0.25) is 17.5 Å². The number of sulfonamides is 1. The van der Waals surface area contributed by atoms with Crippen LogP contribution in [0.5, 0.6) is 11.6 Å². The molecule has 1 aromatic carbocycles. The number of halogens is 2. The van der Waals surface area contributed by atoms with Gasteiger partial charge in [-0.05, 0) is 36.4 Å². The molecule has 0 spiro atoms. The van der Waals surface area contributed by atoms with E-state index in [0.29, 0.717) is 16.8 Å². The van der Waals surface area contributed by atoms with Crippen molar-refractivity contribution in [1.29, 1.82) is 0 Å². The molecule has 14 heteroatoms. The molecule has 11 nitrogen and oxygen atoms in total. The number of benzene rings is 1. The lowest BCUT2D eigenvalue weighted by Crippen LogP contribution is -2.27. The van der Waals surface area contributed by atoms with Gasteiger partial charge in [-0.25, -0.2) is 22.8 Å². The summed E-state index contributed by atoms with van der Waals surface area (Å²) in [5, 5.41) is 2.27. The molecule has 0 aliphatic rings. The van der Waals surface area contributed by atoms with E-state index in [9.17, 15) is 22.4 Å². The molecule has 0 saturated heterocycles. The highest BCUT2D eigenvalue weighted by atomic mass is 35.5. The zero-order valence-electron chi connectivity index (χ0n) is 20.1. The van der Waals surface area contributed by atoms with Gasteiger partial charge >= 0.3 is 0 Å². The number of anilines is 1. The number of hydrogen-bond donors (Lipinski definition) is 2. The quantitative estimate of drug-likeness (QED) is 0.297. The molecule has 0 bridgehead atoms. The summed E-state index contributed by atoms with van der Waals surface area (Å²) in [4.78, 5) is 32.0. The van der Waals surface area contributed by atoms with Crippen molar-refractivity contribution >= 4 is 38.9 Å². The lowest BCUT2D eigenvalue weighted by atomic mass is 10.1. The van der Waals surface area contributed by atoms with Crippen molar-refractivity contribution in [3.63, 3.8) is 0 Å². The summed E-state index contributed by atoms with van der Waals surface area (Å²) >= 11 is 5.94. The molecule has 4 rings (SSSR count). The number of nitrogens with zero attached hydrogens (tertiary/aromatic N) is 3. The zero-order chi connectivity index (χ0) is 27.4. The predicted molar refractivity (Wildman–Crippen MR) is 138 cm³/mol. The zero-order valence-corrected chi connectivity index (χ0v) is 21.6. The summed E-state index contributed by atoms with van der Waals surface area (Å²) in [6.45, 7) is 1.67. The van der Waals surface area contributed by atoms with E-state index in [1.54, 1.807) is 12.1 Å². The Labute approximate surface area is 221 Å². The second-order valence-electron chi connectivity index (χ2n) is 7.87. The Morgan fingerprint density at radius 2 is 1.92 bits per heavy atom.